The van der Waals surface area contributed by atoms with Crippen LogP contribution in [0.2, 0.25) is 0 Å². The third-order valence-electron chi connectivity index (χ3n) is 4.68. The molecule has 1 aromatic carbocycles. The van der Waals surface area contributed by atoms with Crippen molar-refractivity contribution in [2.24, 2.45) is 0 Å². The summed E-state index contributed by atoms with van der Waals surface area (Å²) in [5.74, 6) is 1.05. The summed E-state index contributed by atoms with van der Waals surface area (Å²) in [4.78, 5) is 14.0. The number of rotatable bonds is 8. The zero-order valence-electron chi connectivity index (χ0n) is 14.8. The van der Waals surface area contributed by atoms with Crippen LogP contribution in [-0.4, -0.2) is 42.3 Å². The molecule has 1 aliphatic rings. The Bertz CT molecular complexity index is 663. The van der Waals surface area contributed by atoms with Crippen LogP contribution in [0.4, 0.5) is 0 Å². The van der Waals surface area contributed by atoms with Gasteiger partial charge in [-0.1, -0.05) is 35.5 Å². The molecular weight excluding hydrogens is 316 g/mol. The number of benzene rings is 1. The number of hydrogen-bond acceptors (Lipinski definition) is 4. The molecule has 1 aromatic heterocycles. The van der Waals surface area contributed by atoms with Crippen molar-refractivity contribution < 1.29 is 14.1 Å². The van der Waals surface area contributed by atoms with Gasteiger partial charge in [-0.25, -0.2) is 0 Å². The monoisotopic (exact) mass is 342 g/mol. The highest BCUT2D eigenvalue weighted by Crippen LogP contribution is 2.20. The van der Waals surface area contributed by atoms with Crippen LogP contribution < -0.4 is 0 Å². The third kappa shape index (κ3) is 5.16. The van der Waals surface area contributed by atoms with Gasteiger partial charge >= 0.3 is 0 Å². The zero-order valence-corrected chi connectivity index (χ0v) is 14.8. The van der Waals surface area contributed by atoms with Crippen LogP contribution in [0.5, 0.6) is 0 Å². The smallest absolute Gasteiger partial charge is 0.222 e. The van der Waals surface area contributed by atoms with Crippen LogP contribution in [0.25, 0.3) is 11.3 Å². The lowest BCUT2D eigenvalue weighted by atomic mass is 10.1. The van der Waals surface area contributed by atoms with Crippen molar-refractivity contribution in [1.29, 1.82) is 0 Å². The number of amides is 1. The van der Waals surface area contributed by atoms with E-state index in [1.54, 1.807) is 0 Å². The SMILES string of the molecule is CN(CCCc1cc(-c2ccccc2)no1)C(=O)CCC1CCCO1. The topological polar surface area (TPSA) is 55.6 Å². The molecule has 0 bridgehead atoms. The van der Waals surface area contributed by atoms with Gasteiger partial charge in [-0.15, -0.1) is 0 Å². The van der Waals surface area contributed by atoms with Crippen molar-refractivity contribution in [1.82, 2.24) is 10.1 Å². The molecule has 1 atom stereocenters. The van der Waals surface area contributed by atoms with Crippen molar-refractivity contribution in [3.8, 4) is 11.3 Å². The molecule has 0 radical (unpaired) electrons. The second kappa shape index (κ2) is 8.81. The van der Waals surface area contributed by atoms with E-state index < -0.39 is 0 Å². The van der Waals surface area contributed by atoms with Gasteiger partial charge in [-0.2, -0.15) is 0 Å². The summed E-state index contributed by atoms with van der Waals surface area (Å²) < 4.78 is 11.0. The van der Waals surface area contributed by atoms with E-state index in [0.29, 0.717) is 6.42 Å². The number of aryl methyl sites for hydroxylation is 1. The minimum absolute atomic E-state index is 0.193. The number of ether oxygens (including phenoxy) is 1. The molecule has 1 amide bonds. The fourth-order valence-corrected chi connectivity index (χ4v) is 3.14. The average molecular weight is 342 g/mol. The molecule has 1 saturated heterocycles. The number of hydrogen-bond donors (Lipinski definition) is 0. The van der Waals surface area contributed by atoms with E-state index in [0.717, 1.165) is 62.3 Å². The van der Waals surface area contributed by atoms with Gasteiger partial charge in [0.1, 0.15) is 11.5 Å². The molecule has 2 heterocycles. The highest BCUT2D eigenvalue weighted by Gasteiger charge is 2.18. The first-order valence-corrected chi connectivity index (χ1v) is 9.09. The molecule has 0 aliphatic carbocycles. The molecule has 2 aromatic rings. The Balaban J connectivity index is 1.38. The fourth-order valence-electron chi connectivity index (χ4n) is 3.14. The van der Waals surface area contributed by atoms with Crippen molar-refractivity contribution >= 4 is 5.91 Å². The zero-order chi connectivity index (χ0) is 17.5. The Labute approximate surface area is 148 Å². The summed E-state index contributed by atoms with van der Waals surface area (Å²) in [6.45, 7) is 1.57. The number of carbonyl (C=O) groups is 1. The Morgan fingerprint density at radius 1 is 1.32 bits per heavy atom. The highest BCUT2D eigenvalue weighted by molar-refractivity contribution is 5.75. The lowest BCUT2D eigenvalue weighted by Gasteiger charge is -2.17. The maximum atomic E-state index is 12.2. The third-order valence-corrected chi connectivity index (χ3v) is 4.68. The largest absolute Gasteiger partial charge is 0.378 e. The quantitative estimate of drug-likeness (QED) is 0.734. The van der Waals surface area contributed by atoms with Gasteiger partial charge in [0.15, 0.2) is 0 Å². The van der Waals surface area contributed by atoms with E-state index >= 15 is 0 Å². The first kappa shape index (κ1) is 17.7. The van der Waals surface area contributed by atoms with Crippen molar-refractivity contribution in [3.63, 3.8) is 0 Å². The summed E-state index contributed by atoms with van der Waals surface area (Å²) in [5.41, 5.74) is 1.91. The van der Waals surface area contributed by atoms with Gasteiger partial charge in [-0.3, -0.25) is 4.79 Å². The lowest BCUT2D eigenvalue weighted by molar-refractivity contribution is -0.130. The standard InChI is InChI=1S/C20H26N2O3/c1-22(20(23)12-11-17-10-6-14-24-17)13-5-9-18-15-19(21-25-18)16-7-3-2-4-8-16/h2-4,7-8,15,17H,5-6,9-14H2,1H3. The van der Waals surface area contributed by atoms with Gasteiger partial charge < -0.3 is 14.2 Å². The van der Waals surface area contributed by atoms with Crippen LogP contribution in [-0.2, 0) is 16.0 Å². The average Bonchev–Trinajstić information content (AvgIpc) is 3.32. The summed E-state index contributed by atoms with van der Waals surface area (Å²) in [6.07, 6.45) is 5.55. The van der Waals surface area contributed by atoms with Gasteiger partial charge in [0.05, 0.1) is 6.10 Å². The van der Waals surface area contributed by atoms with Crippen LogP contribution in [0, 0.1) is 0 Å². The highest BCUT2D eigenvalue weighted by atomic mass is 16.5. The molecule has 0 spiro atoms. The van der Waals surface area contributed by atoms with Crippen LogP contribution >= 0.6 is 0 Å². The predicted octanol–water partition coefficient (Wildman–Crippen LogP) is 3.69. The molecule has 5 nitrogen and oxygen atoms in total. The van der Waals surface area contributed by atoms with Gasteiger partial charge in [-0.05, 0) is 25.7 Å². The minimum Gasteiger partial charge on any atom is -0.378 e. The molecule has 1 fully saturated rings. The van der Waals surface area contributed by atoms with E-state index in [-0.39, 0.29) is 12.0 Å². The molecule has 0 N–H and O–H groups in total. The van der Waals surface area contributed by atoms with Crippen LogP contribution in [0.15, 0.2) is 40.9 Å². The fraction of sp³-hybridized carbons (Fsp3) is 0.500. The maximum absolute atomic E-state index is 12.2. The summed E-state index contributed by atoms with van der Waals surface area (Å²) in [7, 11) is 1.87. The van der Waals surface area contributed by atoms with Crippen LogP contribution in [0.3, 0.4) is 0 Å². The maximum Gasteiger partial charge on any atom is 0.222 e. The number of carbonyl (C=O) groups excluding carboxylic acids is 1. The molecule has 1 aliphatic heterocycles. The van der Waals surface area contributed by atoms with E-state index in [2.05, 4.69) is 5.16 Å². The minimum atomic E-state index is 0.193. The summed E-state index contributed by atoms with van der Waals surface area (Å²) in [6, 6.07) is 12.0. The van der Waals surface area contributed by atoms with Crippen molar-refractivity contribution in [3.05, 3.63) is 42.2 Å². The number of nitrogens with zero attached hydrogens (tertiary/aromatic N) is 2. The first-order chi connectivity index (χ1) is 12.2. The second-order valence-corrected chi connectivity index (χ2v) is 6.64. The van der Waals surface area contributed by atoms with E-state index in [1.807, 2.05) is 48.3 Å². The van der Waals surface area contributed by atoms with Gasteiger partial charge in [0.25, 0.3) is 0 Å². The Hall–Kier alpha value is -2.14. The lowest BCUT2D eigenvalue weighted by Crippen LogP contribution is -2.28. The second-order valence-electron chi connectivity index (χ2n) is 6.64. The van der Waals surface area contributed by atoms with Gasteiger partial charge in [0.2, 0.25) is 5.91 Å². The van der Waals surface area contributed by atoms with E-state index in [9.17, 15) is 4.79 Å². The molecular formula is C20H26N2O3. The Kier molecular flexibility index (Phi) is 6.23. The molecule has 25 heavy (non-hydrogen) atoms. The Morgan fingerprint density at radius 2 is 2.16 bits per heavy atom. The van der Waals surface area contributed by atoms with Crippen LogP contribution in [0.1, 0.15) is 37.9 Å². The molecule has 0 saturated carbocycles. The summed E-state index contributed by atoms with van der Waals surface area (Å²) in [5, 5.41) is 4.12. The molecule has 3 rings (SSSR count). The van der Waals surface area contributed by atoms with Crippen molar-refractivity contribution in [2.45, 2.75) is 44.6 Å². The molecule has 5 heteroatoms. The molecule has 1 unspecified atom stereocenters. The summed E-state index contributed by atoms with van der Waals surface area (Å²) >= 11 is 0. The van der Waals surface area contributed by atoms with E-state index in [1.165, 1.54) is 0 Å². The van der Waals surface area contributed by atoms with Crippen molar-refractivity contribution in [2.75, 3.05) is 20.2 Å². The Morgan fingerprint density at radius 3 is 2.92 bits per heavy atom. The first-order valence-electron chi connectivity index (χ1n) is 9.09. The van der Waals surface area contributed by atoms with E-state index in [4.69, 9.17) is 9.26 Å². The normalized spacial score (nSPS) is 16.9. The predicted molar refractivity (Wildman–Crippen MR) is 96.1 cm³/mol. The molecule has 134 valence electrons. The number of aromatic nitrogens is 1. The van der Waals surface area contributed by atoms with Gasteiger partial charge in [0, 0.05) is 44.7 Å².